The number of halogens is 1. The molecule has 2 aromatic carbocycles. The van der Waals surface area contributed by atoms with Gasteiger partial charge in [0, 0.05) is 29.3 Å². The van der Waals surface area contributed by atoms with E-state index >= 15 is 0 Å². The fourth-order valence-corrected chi connectivity index (χ4v) is 3.70. The number of carbonyl (C=O) groups is 1. The van der Waals surface area contributed by atoms with Gasteiger partial charge in [0.1, 0.15) is 27.9 Å². The lowest BCUT2D eigenvalue weighted by atomic mass is 10.1. The van der Waals surface area contributed by atoms with Gasteiger partial charge in [0.05, 0.1) is 19.1 Å². The number of benzene rings is 2. The lowest BCUT2D eigenvalue weighted by Crippen LogP contribution is -1.96. The third-order valence-corrected chi connectivity index (χ3v) is 5.59. The number of nitro benzene ring substituents is 1. The van der Waals surface area contributed by atoms with E-state index in [4.69, 9.17) is 18.3 Å². The normalized spacial score (nSPS) is 11.4. The van der Waals surface area contributed by atoms with Gasteiger partial charge in [0.15, 0.2) is 0 Å². The molecule has 184 valence electrons. The largest absolute Gasteiger partial charge is 0.497 e. The Labute approximate surface area is 206 Å². The molecule has 0 aliphatic rings. The maximum absolute atomic E-state index is 13.6. The molecule has 0 fully saturated rings. The van der Waals surface area contributed by atoms with E-state index in [0.29, 0.717) is 28.8 Å². The van der Waals surface area contributed by atoms with Gasteiger partial charge in [-0.25, -0.2) is 4.79 Å². The van der Waals surface area contributed by atoms with Crippen molar-refractivity contribution in [2.75, 3.05) is 14.2 Å². The molecule has 11 nitrogen and oxygen atoms in total. The third kappa shape index (κ3) is 5.36. The van der Waals surface area contributed by atoms with Gasteiger partial charge in [-0.3, -0.25) is 10.1 Å². The van der Waals surface area contributed by atoms with Crippen molar-refractivity contribution in [3.63, 3.8) is 0 Å². The Morgan fingerprint density at radius 2 is 1.78 bits per heavy atom. The minimum absolute atomic E-state index is 0.0404. The van der Waals surface area contributed by atoms with Crippen molar-refractivity contribution in [1.29, 1.82) is 0 Å². The first-order valence-corrected chi connectivity index (χ1v) is 10.8. The van der Waals surface area contributed by atoms with Crippen molar-refractivity contribution in [2.24, 2.45) is 0 Å². The molecule has 36 heavy (non-hydrogen) atoms. The molecule has 4 aromatic rings. The number of hydrogen-bond acceptors (Lipinski definition) is 10. The summed E-state index contributed by atoms with van der Waals surface area (Å²) in [6, 6.07) is 11.2. The van der Waals surface area contributed by atoms with E-state index in [2.05, 4.69) is 10.2 Å². The van der Waals surface area contributed by atoms with Crippen LogP contribution in [0.15, 0.2) is 67.5 Å². The third-order valence-electron chi connectivity index (χ3n) is 4.74. The van der Waals surface area contributed by atoms with E-state index < -0.39 is 22.4 Å². The molecule has 0 aliphatic heterocycles. The van der Waals surface area contributed by atoms with Crippen molar-refractivity contribution in [3.05, 3.63) is 75.1 Å². The summed E-state index contributed by atoms with van der Waals surface area (Å²) in [6.45, 7) is 0. The number of carboxylic acids is 1. The fraction of sp³-hybridized carbons (Fsp3) is 0.0870. The standard InChI is InChI=1S/C23H16FN3O8S/c1-32-15-7-13(8-16(10-15)33-2)21-25-26-23(35-21)36-20(22(28)29)11-14-4-6-19(34-14)12-3-5-17(24)18(9-12)27(30)31/h3-11H,1-2H3,(H,28,29)/b20-11-. The van der Waals surface area contributed by atoms with Gasteiger partial charge in [0.2, 0.25) is 11.7 Å². The number of methoxy groups -OCH3 is 2. The molecule has 2 heterocycles. The molecule has 0 spiro atoms. The number of aliphatic carboxylic acids is 1. The summed E-state index contributed by atoms with van der Waals surface area (Å²) in [6.07, 6.45) is 1.23. The van der Waals surface area contributed by atoms with E-state index in [0.717, 1.165) is 12.1 Å². The van der Waals surface area contributed by atoms with Crippen LogP contribution in [0, 0.1) is 15.9 Å². The minimum atomic E-state index is -1.28. The first kappa shape index (κ1) is 24.5. The van der Waals surface area contributed by atoms with Crippen LogP contribution in [0.4, 0.5) is 10.1 Å². The Balaban J connectivity index is 1.58. The summed E-state index contributed by atoms with van der Waals surface area (Å²) >= 11 is 0.700. The van der Waals surface area contributed by atoms with Crippen molar-refractivity contribution in [1.82, 2.24) is 10.2 Å². The molecule has 2 aromatic heterocycles. The number of ether oxygens (including phenoxy) is 2. The van der Waals surface area contributed by atoms with Gasteiger partial charge >= 0.3 is 11.7 Å². The molecule has 0 amide bonds. The molecule has 0 saturated heterocycles. The Bertz CT molecular complexity index is 1460. The smallest absolute Gasteiger partial charge is 0.342 e. The Kier molecular flexibility index (Phi) is 7.01. The van der Waals surface area contributed by atoms with Crippen LogP contribution in [0.3, 0.4) is 0 Å². The highest BCUT2D eigenvalue weighted by Gasteiger charge is 2.19. The predicted molar refractivity (Wildman–Crippen MR) is 125 cm³/mol. The maximum atomic E-state index is 13.6. The van der Waals surface area contributed by atoms with E-state index in [1.807, 2.05) is 0 Å². The number of carboxylic acid groups (broad SMARTS) is 1. The first-order chi connectivity index (χ1) is 17.3. The molecule has 1 N–H and O–H groups in total. The average molecular weight is 513 g/mol. The Morgan fingerprint density at radius 1 is 1.06 bits per heavy atom. The zero-order chi connectivity index (χ0) is 25.8. The van der Waals surface area contributed by atoms with E-state index in [-0.39, 0.29) is 33.1 Å². The van der Waals surface area contributed by atoms with Crippen LogP contribution in [0.1, 0.15) is 5.76 Å². The number of nitro groups is 1. The van der Waals surface area contributed by atoms with Crippen molar-refractivity contribution in [2.45, 2.75) is 5.22 Å². The second-order valence-corrected chi connectivity index (χ2v) is 8.01. The van der Waals surface area contributed by atoms with E-state index in [1.54, 1.807) is 18.2 Å². The molecule has 0 bridgehead atoms. The van der Waals surface area contributed by atoms with Crippen LogP contribution >= 0.6 is 11.8 Å². The van der Waals surface area contributed by atoms with Gasteiger partial charge in [-0.15, -0.1) is 10.2 Å². The monoisotopic (exact) mass is 513 g/mol. The Hall–Kier alpha value is -4.65. The SMILES string of the molecule is COc1cc(OC)cc(-c2nnc(S/C(=C\c3ccc(-c4ccc(F)c([N+](=O)[O-])c4)o3)C(=O)O)o2)c1. The predicted octanol–water partition coefficient (Wildman–Crippen LogP) is 5.28. The van der Waals surface area contributed by atoms with Crippen molar-refractivity contribution in [3.8, 4) is 34.3 Å². The summed E-state index contributed by atoms with van der Waals surface area (Å²) in [7, 11) is 2.99. The number of rotatable bonds is 9. The zero-order valence-electron chi connectivity index (χ0n) is 18.6. The number of aromatic nitrogens is 2. The van der Waals surface area contributed by atoms with Crippen molar-refractivity contribution >= 4 is 29.5 Å². The molecule has 0 saturated carbocycles. The average Bonchev–Trinajstić information content (AvgIpc) is 3.53. The highest BCUT2D eigenvalue weighted by molar-refractivity contribution is 8.03. The second-order valence-electron chi connectivity index (χ2n) is 7.02. The fourth-order valence-electron chi connectivity index (χ4n) is 3.05. The quantitative estimate of drug-likeness (QED) is 0.135. The van der Waals surface area contributed by atoms with Crippen LogP contribution in [-0.4, -0.2) is 40.4 Å². The van der Waals surface area contributed by atoms with Gasteiger partial charge in [-0.05, 0) is 48.2 Å². The maximum Gasteiger partial charge on any atom is 0.342 e. The number of furan rings is 1. The number of hydrogen-bond donors (Lipinski definition) is 1. The lowest BCUT2D eigenvalue weighted by Gasteiger charge is -2.05. The minimum Gasteiger partial charge on any atom is -0.497 e. The van der Waals surface area contributed by atoms with Gasteiger partial charge in [-0.2, -0.15) is 4.39 Å². The summed E-state index contributed by atoms with van der Waals surface area (Å²) in [5.41, 5.74) is 0.0571. The van der Waals surface area contributed by atoms with Crippen LogP contribution in [0.5, 0.6) is 11.5 Å². The van der Waals surface area contributed by atoms with Crippen LogP contribution in [0.25, 0.3) is 28.9 Å². The molecule has 0 unspecified atom stereocenters. The molecular formula is C23H16FN3O8S. The van der Waals surface area contributed by atoms with Crippen LogP contribution in [0.2, 0.25) is 0 Å². The molecule has 0 radical (unpaired) electrons. The lowest BCUT2D eigenvalue weighted by molar-refractivity contribution is -0.387. The molecular weight excluding hydrogens is 497 g/mol. The summed E-state index contributed by atoms with van der Waals surface area (Å²) in [5.74, 6) is -0.807. The highest BCUT2D eigenvalue weighted by atomic mass is 32.2. The summed E-state index contributed by atoms with van der Waals surface area (Å²) in [5, 5.41) is 28.4. The number of nitrogens with zero attached hydrogens (tertiary/aromatic N) is 3. The molecule has 0 aliphatic carbocycles. The first-order valence-electron chi connectivity index (χ1n) is 10.0. The topological polar surface area (TPSA) is 151 Å². The summed E-state index contributed by atoms with van der Waals surface area (Å²) < 4.78 is 35.3. The molecule has 4 rings (SSSR count). The van der Waals surface area contributed by atoms with Gasteiger partial charge in [-0.1, -0.05) is 0 Å². The number of thioether (sulfide) groups is 1. The second kappa shape index (κ2) is 10.3. The van der Waals surface area contributed by atoms with Gasteiger partial charge < -0.3 is 23.4 Å². The molecule has 0 atom stereocenters. The summed E-state index contributed by atoms with van der Waals surface area (Å²) in [4.78, 5) is 21.8. The highest BCUT2D eigenvalue weighted by Crippen LogP contribution is 2.34. The van der Waals surface area contributed by atoms with Gasteiger partial charge in [0.25, 0.3) is 5.22 Å². The van der Waals surface area contributed by atoms with E-state index in [9.17, 15) is 24.4 Å². The Morgan fingerprint density at radius 3 is 2.42 bits per heavy atom. The van der Waals surface area contributed by atoms with E-state index in [1.165, 1.54) is 38.5 Å². The van der Waals surface area contributed by atoms with Crippen LogP contribution in [-0.2, 0) is 4.79 Å². The van der Waals surface area contributed by atoms with Crippen LogP contribution < -0.4 is 9.47 Å². The van der Waals surface area contributed by atoms with Crippen molar-refractivity contribution < 1.29 is 37.5 Å². The molecule has 13 heteroatoms. The zero-order valence-corrected chi connectivity index (χ0v) is 19.4.